The van der Waals surface area contributed by atoms with Crippen molar-refractivity contribution in [3.63, 3.8) is 0 Å². The SMILES string of the molecule is CC(C)(C)OC(=O)N1CC2(CC2)C[C@H]1[C@@]1(c2ccccc2)Cc2c(Br)cc(F)cc2O1. The van der Waals surface area contributed by atoms with Crippen LogP contribution < -0.4 is 4.74 Å². The largest absolute Gasteiger partial charge is 0.480 e. The number of nitrogens with zero attached hydrogens (tertiary/aromatic N) is 1. The van der Waals surface area contributed by atoms with Gasteiger partial charge in [0, 0.05) is 29.1 Å². The number of halogens is 2. The Morgan fingerprint density at radius 2 is 1.94 bits per heavy atom. The van der Waals surface area contributed by atoms with E-state index in [0.717, 1.165) is 30.4 Å². The van der Waals surface area contributed by atoms with Crippen LogP contribution in [-0.2, 0) is 16.8 Å². The van der Waals surface area contributed by atoms with Gasteiger partial charge >= 0.3 is 6.09 Å². The fraction of sp³-hybridized carbons (Fsp3) is 0.480. The van der Waals surface area contributed by atoms with Gasteiger partial charge in [0.1, 0.15) is 17.2 Å². The first-order chi connectivity index (χ1) is 14.6. The van der Waals surface area contributed by atoms with Crippen LogP contribution in [-0.4, -0.2) is 29.2 Å². The Kier molecular flexibility index (Phi) is 4.67. The van der Waals surface area contributed by atoms with Gasteiger partial charge in [0.25, 0.3) is 0 Å². The van der Waals surface area contributed by atoms with Crippen molar-refractivity contribution in [1.29, 1.82) is 0 Å². The van der Waals surface area contributed by atoms with Crippen LogP contribution in [0.4, 0.5) is 9.18 Å². The third kappa shape index (κ3) is 3.63. The molecule has 4 nitrogen and oxygen atoms in total. The average Bonchev–Trinajstić information content (AvgIpc) is 3.15. The lowest BCUT2D eigenvalue weighted by atomic mass is 9.80. The molecule has 0 bridgehead atoms. The highest BCUT2D eigenvalue weighted by Gasteiger charge is 2.62. The Morgan fingerprint density at radius 3 is 2.58 bits per heavy atom. The summed E-state index contributed by atoms with van der Waals surface area (Å²) < 4.78 is 27.3. The summed E-state index contributed by atoms with van der Waals surface area (Å²) in [4.78, 5) is 15.2. The molecule has 0 N–H and O–H groups in total. The molecule has 31 heavy (non-hydrogen) atoms. The van der Waals surface area contributed by atoms with Gasteiger partial charge in [-0.2, -0.15) is 0 Å². The van der Waals surface area contributed by atoms with E-state index in [1.165, 1.54) is 12.1 Å². The molecule has 2 atom stereocenters. The number of likely N-dealkylation sites (tertiary alicyclic amines) is 1. The summed E-state index contributed by atoms with van der Waals surface area (Å²) in [6.07, 6.45) is 3.33. The van der Waals surface area contributed by atoms with Gasteiger partial charge in [0.05, 0.1) is 6.04 Å². The van der Waals surface area contributed by atoms with Crippen LogP contribution >= 0.6 is 15.9 Å². The number of rotatable bonds is 2. The fourth-order valence-corrected chi connectivity index (χ4v) is 5.68. The summed E-state index contributed by atoms with van der Waals surface area (Å²) in [7, 11) is 0. The molecule has 1 saturated heterocycles. The molecule has 164 valence electrons. The van der Waals surface area contributed by atoms with Gasteiger partial charge in [-0.1, -0.05) is 46.3 Å². The Labute approximate surface area is 190 Å². The predicted molar refractivity (Wildman–Crippen MR) is 120 cm³/mol. The Hall–Kier alpha value is -2.08. The smallest absolute Gasteiger partial charge is 0.410 e. The van der Waals surface area contributed by atoms with Crippen LogP contribution in [0, 0.1) is 11.2 Å². The number of carbonyl (C=O) groups excluding carboxylic acids is 1. The third-order valence-electron chi connectivity index (χ3n) is 6.74. The minimum absolute atomic E-state index is 0.143. The van der Waals surface area contributed by atoms with Gasteiger partial charge in [-0.25, -0.2) is 9.18 Å². The highest BCUT2D eigenvalue weighted by atomic mass is 79.9. The lowest BCUT2D eigenvalue weighted by Crippen LogP contribution is -2.53. The first-order valence-electron chi connectivity index (χ1n) is 10.8. The van der Waals surface area contributed by atoms with E-state index in [0.29, 0.717) is 23.2 Å². The van der Waals surface area contributed by atoms with E-state index in [4.69, 9.17) is 9.47 Å². The molecule has 0 aromatic heterocycles. The van der Waals surface area contributed by atoms with Crippen LogP contribution in [0.1, 0.15) is 51.2 Å². The highest BCUT2D eigenvalue weighted by molar-refractivity contribution is 9.10. The molecule has 1 amide bonds. The minimum Gasteiger partial charge on any atom is -0.480 e. The van der Waals surface area contributed by atoms with E-state index in [1.54, 1.807) is 0 Å². The molecule has 3 aliphatic rings. The van der Waals surface area contributed by atoms with Gasteiger partial charge in [0.2, 0.25) is 0 Å². The summed E-state index contributed by atoms with van der Waals surface area (Å²) in [6.45, 7) is 6.34. The maximum atomic E-state index is 14.2. The van der Waals surface area contributed by atoms with Crippen molar-refractivity contribution in [2.24, 2.45) is 5.41 Å². The summed E-state index contributed by atoms with van der Waals surface area (Å²) in [5.74, 6) is 0.195. The van der Waals surface area contributed by atoms with Crippen molar-refractivity contribution < 1.29 is 18.7 Å². The minimum atomic E-state index is -0.789. The molecule has 0 radical (unpaired) electrons. The second-order valence-corrected chi connectivity index (χ2v) is 11.1. The summed E-state index contributed by atoms with van der Waals surface area (Å²) in [5, 5.41) is 0. The van der Waals surface area contributed by atoms with Gasteiger partial charge in [0.15, 0.2) is 5.60 Å². The topological polar surface area (TPSA) is 38.8 Å². The number of hydrogen-bond donors (Lipinski definition) is 0. The molecule has 1 aliphatic carbocycles. The first kappa shape index (κ1) is 20.8. The average molecular weight is 488 g/mol. The van der Waals surface area contributed by atoms with Crippen molar-refractivity contribution in [2.75, 3.05) is 6.54 Å². The van der Waals surface area contributed by atoms with E-state index < -0.39 is 11.2 Å². The molecule has 2 aromatic carbocycles. The van der Waals surface area contributed by atoms with Crippen LogP contribution in [0.3, 0.4) is 0 Å². The number of ether oxygens (including phenoxy) is 2. The van der Waals surface area contributed by atoms with Gasteiger partial charge in [-0.05, 0) is 57.1 Å². The van der Waals surface area contributed by atoms with Crippen LogP contribution in [0.15, 0.2) is 46.9 Å². The Bertz CT molecular complexity index is 1030. The molecular weight excluding hydrogens is 461 g/mol. The van der Waals surface area contributed by atoms with Crippen LogP contribution in [0.5, 0.6) is 5.75 Å². The van der Waals surface area contributed by atoms with Gasteiger partial charge < -0.3 is 14.4 Å². The molecule has 6 heteroatoms. The van der Waals surface area contributed by atoms with E-state index in [1.807, 2.05) is 56.0 Å². The first-order valence-corrected chi connectivity index (χ1v) is 11.6. The fourth-order valence-electron chi connectivity index (χ4n) is 5.12. The lowest BCUT2D eigenvalue weighted by Gasteiger charge is -2.40. The number of hydrogen-bond acceptors (Lipinski definition) is 3. The standard InChI is InChI=1S/C25H27BrFNO3/c1-23(2,3)31-22(29)28-15-24(9-10-24)14-21(28)25(16-7-5-4-6-8-16)13-18-19(26)11-17(27)12-20(18)30-25/h4-8,11-12,21H,9-10,13-15H2,1-3H3/t21-,25-/m0/s1. The molecule has 2 aliphatic heterocycles. The normalized spacial score (nSPS) is 26.0. The summed E-state index contributed by atoms with van der Waals surface area (Å²) in [5.41, 5.74) is 0.709. The van der Waals surface area contributed by atoms with E-state index in [9.17, 15) is 9.18 Å². The Balaban J connectivity index is 1.60. The quantitative estimate of drug-likeness (QED) is 0.505. The zero-order chi connectivity index (χ0) is 22.0. The predicted octanol–water partition coefficient (Wildman–Crippen LogP) is 6.21. The molecule has 2 aromatic rings. The molecule has 2 fully saturated rings. The molecule has 1 saturated carbocycles. The number of carbonyl (C=O) groups is 1. The highest BCUT2D eigenvalue weighted by Crippen LogP contribution is 2.60. The lowest BCUT2D eigenvalue weighted by molar-refractivity contribution is -0.0216. The van der Waals surface area contributed by atoms with Crippen LogP contribution in [0.25, 0.3) is 0 Å². The number of benzene rings is 2. The number of amides is 1. The summed E-state index contributed by atoms with van der Waals surface area (Å²) in [6, 6.07) is 12.8. The molecular formula is C25H27BrFNO3. The maximum Gasteiger partial charge on any atom is 0.410 e. The van der Waals surface area contributed by atoms with Crippen molar-refractivity contribution in [3.8, 4) is 5.75 Å². The summed E-state index contributed by atoms with van der Waals surface area (Å²) >= 11 is 3.52. The molecule has 5 rings (SSSR count). The van der Waals surface area contributed by atoms with Gasteiger partial charge in [-0.3, -0.25) is 0 Å². The zero-order valence-electron chi connectivity index (χ0n) is 18.1. The van der Waals surface area contributed by atoms with Crippen molar-refractivity contribution >= 4 is 22.0 Å². The van der Waals surface area contributed by atoms with Crippen LogP contribution in [0.2, 0.25) is 0 Å². The van der Waals surface area contributed by atoms with Crippen molar-refractivity contribution in [3.05, 3.63) is 63.9 Å². The van der Waals surface area contributed by atoms with E-state index in [2.05, 4.69) is 15.9 Å². The third-order valence-corrected chi connectivity index (χ3v) is 7.45. The maximum absolute atomic E-state index is 14.2. The van der Waals surface area contributed by atoms with E-state index >= 15 is 0 Å². The molecule has 2 heterocycles. The monoisotopic (exact) mass is 487 g/mol. The van der Waals surface area contributed by atoms with Crippen molar-refractivity contribution in [2.45, 2.75) is 63.7 Å². The molecule has 0 unspecified atom stereocenters. The van der Waals surface area contributed by atoms with Gasteiger partial charge in [-0.15, -0.1) is 0 Å². The molecule has 1 spiro atoms. The second kappa shape index (κ2) is 6.96. The number of fused-ring (bicyclic) bond motifs is 1. The second-order valence-electron chi connectivity index (χ2n) is 10.2. The van der Waals surface area contributed by atoms with Crippen molar-refractivity contribution in [1.82, 2.24) is 4.90 Å². The zero-order valence-corrected chi connectivity index (χ0v) is 19.7. The Morgan fingerprint density at radius 1 is 1.23 bits per heavy atom. The van der Waals surface area contributed by atoms with E-state index in [-0.39, 0.29) is 23.4 Å².